The molecule has 4 amide bonds. The number of para-hydroxylation sites is 1. The third-order valence-electron chi connectivity index (χ3n) is 8.62. The number of likely N-dealkylation sites (tertiary alicyclic amines) is 1. The molecule has 1 aromatic heterocycles. The Morgan fingerprint density at radius 2 is 1.81 bits per heavy atom. The average molecular weight is 726 g/mol. The molecule has 0 radical (unpaired) electrons. The van der Waals surface area contributed by atoms with Gasteiger partial charge < -0.3 is 20.0 Å². The number of aromatic amines is 1. The van der Waals surface area contributed by atoms with Crippen molar-refractivity contribution in [1.29, 1.82) is 0 Å². The number of hydrogen-bond donors (Lipinski definition) is 2. The van der Waals surface area contributed by atoms with Gasteiger partial charge in [-0.05, 0) is 86.4 Å². The Kier molecular flexibility index (Phi) is 8.18. The highest BCUT2D eigenvalue weighted by molar-refractivity contribution is 9.11. The van der Waals surface area contributed by atoms with Crippen molar-refractivity contribution in [3.63, 3.8) is 0 Å². The van der Waals surface area contributed by atoms with Crippen LogP contribution in [0.3, 0.4) is 0 Å². The van der Waals surface area contributed by atoms with Crippen LogP contribution in [0.15, 0.2) is 39.4 Å². The summed E-state index contributed by atoms with van der Waals surface area (Å²) >= 11 is 6.89. The van der Waals surface area contributed by atoms with Gasteiger partial charge >= 0.3 is 12.2 Å². The van der Waals surface area contributed by atoms with Crippen LogP contribution in [-0.2, 0) is 29.0 Å². The van der Waals surface area contributed by atoms with Crippen LogP contribution in [0.1, 0.15) is 36.0 Å². The van der Waals surface area contributed by atoms with E-state index in [0.29, 0.717) is 63.6 Å². The fourth-order valence-corrected chi connectivity index (χ4v) is 7.59. The normalized spacial score (nSPS) is 20.0. The molecule has 228 valence electrons. The predicted octanol–water partition coefficient (Wildman–Crippen LogP) is 5.62. The Hall–Kier alpha value is -3.13. The minimum atomic E-state index is -4.60. The molecule has 43 heavy (non-hydrogen) atoms. The highest BCUT2D eigenvalue weighted by Crippen LogP contribution is 2.38. The lowest BCUT2D eigenvalue weighted by molar-refractivity contribution is -0.165. The number of nitrogens with zero attached hydrogens (tertiary/aromatic N) is 4. The summed E-state index contributed by atoms with van der Waals surface area (Å²) in [6.45, 7) is -0.276. The van der Waals surface area contributed by atoms with E-state index < -0.39 is 24.5 Å². The molecule has 3 aromatic rings. The zero-order valence-electron chi connectivity index (χ0n) is 23.0. The molecular weight excluding hydrogens is 697 g/mol. The van der Waals surface area contributed by atoms with Crippen molar-refractivity contribution >= 4 is 66.3 Å². The minimum Gasteiger partial charge on any atom is -0.343 e. The van der Waals surface area contributed by atoms with Gasteiger partial charge in [0, 0.05) is 54.2 Å². The van der Waals surface area contributed by atoms with Crippen LogP contribution in [-0.4, -0.2) is 81.1 Å². The molecule has 2 N–H and O–H groups in total. The van der Waals surface area contributed by atoms with Crippen molar-refractivity contribution < 1.29 is 27.6 Å². The van der Waals surface area contributed by atoms with Crippen LogP contribution in [0.4, 0.5) is 23.7 Å². The summed E-state index contributed by atoms with van der Waals surface area (Å²) < 4.78 is 41.9. The fourth-order valence-electron chi connectivity index (χ4n) is 6.50. The second kappa shape index (κ2) is 11.8. The Balaban J connectivity index is 1.16. The number of carbonyl (C=O) groups is 3. The highest BCUT2D eigenvalue weighted by atomic mass is 79.9. The van der Waals surface area contributed by atoms with Crippen LogP contribution in [0, 0.1) is 5.92 Å². The quantitative estimate of drug-likeness (QED) is 0.365. The summed E-state index contributed by atoms with van der Waals surface area (Å²) in [5, 5.41) is 10.6. The Labute approximate surface area is 262 Å². The first-order chi connectivity index (χ1) is 20.5. The van der Waals surface area contributed by atoms with E-state index in [1.54, 1.807) is 11.0 Å². The summed E-state index contributed by atoms with van der Waals surface area (Å²) in [6, 6.07) is 9.30. The van der Waals surface area contributed by atoms with E-state index in [0.717, 1.165) is 22.6 Å². The van der Waals surface area contributed by atoms with Crippen molar-refractivity contribution in [2.75, 3.05) is 31.5 Å². The maximum absolute atomic E-state index is 13.6. The molecule has 1 atom stereocenters. The molecule has 14 heteroatoms. The van der Waals surface area contributed by atoms with E-state index in [1.165, 1.54) is 0 Å². The van der Waals surface area contributed by atoms with Crippen molar-refractivity contribution in [3.05, 3.63) is 56.1 Å². The van der Waals surface area contributed by atoms with E-state index in [-0.39, 0.29) is 37.4 Å². The number of H-pyrrole nitrogens is 1. The van der Waals surface area contributed by atoms with E-state index in [4.69, 9.17) is 0 Å². The highest BCUT2D eigenvalue weighted by Gasteiger charge is 2.40. The smallest absolute Gasteiger partial charge is 0.343 e. The third kappa shape index (κ3) is 6.13. The second-order valence-electron chi connectivity index (χ2n) is 11.3. The fraction of sp³-hybridized carbons (Fsp3) is 0.448. The topological polar surface area (TPSA) is 102 Å². The number of carbonyl (C=O) groups excluding carboxylic acids is 3. The van der Waals surface area contributed by atoms with Gasteiger partial charge in [0.05, 0.1) is 11.4 Å². The van der Waals surface area contributed by atoms with Crippen molar-refractivity contribution in [2.45, 2.75) is 50.9 Å². The average Bonchev–Trinajstić information content (AvgIpc) is 3.20. The van der Waals surface area contributed by atoms with Crippen molar-refractivity contribution in [2.24, 2.45) is 5.92 Å². The van der Waals surface area contributed by atoms with Gasteiger partial charge in [-0.1, -0.05) is 18.2 Å². The van der Waals surface area contributed by atoms with Gasteiger partial charge in [0.2, 0.25) is 11.8 Å². The Morgan fingerprint density at radius 1 is 1.07 bits per heavy atom. The van der Waals surface area contributed by atoms with Gasteiger partial charge in [-0.25, -0.2) is 4.79 Å². The number of benzene rings is 2. The number of anilines is 1. The van der Waals surface area contributed by atoms with E-state index >= 15 is 0 Å². The Morgan fingerprint density at radius 3 is 2.56 bits per heavy atom. The number of amides is 4. The summed E-state index contributed by atoms with van der Waals surface area (Å²) in [5.74, 6) is -1.91. The molecule has 0 bridgehead atoms. The molecule has 9 nitrogen and oxygen atoms in total. The van der Waals surface area contributed by atoms with Crippen LogP contribution in [0.2, 0.25) is 0 Å². The molecule has 0 aliphatic carbocycles. The lowest BCUT2D eigenvalue weighted by Crippen LogP contribution is -2.50. The number of alkyl halides is 3. The summed E-state index contributed by atoms with van der Waals surface area (Å²) in [5.41, 5.74) is 3.77. The minimum absolute atomic E-state index is 0.0415. The zero-order chi connectivity index (χ0) is 30.5. The maximum Gasteiger partial charge on any atom is 0.406 e. The first kappa shape index (κ1) is 29.9. The third-order valence-corrected chi connectivity index (χ3v) is 9.82. The molecule has 3 aliphatic heterocycles. The van der Waals surface area contributed by atoms with Gasteiger partial charge in [0.15, 0.2) is 0 Å². The number of halogens is 5. The first-order valence-corrected chi connectivity index (χ1v) is 15.7. The molecular formula is C29H29Br2F3N6O3. The van der Waals surface area contributed by atoms with Gasteiger partial charge in [-0.2, -0.15) is 18.3 Å². The lowest BCUT2D eigenvalue weighted by Gasteiger charge is -2.38. The van der Waals surface area contributed by atoms with Crippen molar-refractivity contribution in [1.82, 2.24) is 24.9 Å². The monoisotopic (exact) mass is 724 g/mol. The van der Waals surface area contributed by atoms with Crippen molar-refractivity contribution in [3.8, 4) is 0 Å². The lowest BCUT2D eigenvalue weighted by atomic mass is 9.92. The van der Waals surface area contributed by atoms with E-state index in [9.17, 15) is 27.6 Å². The number of urea groups is 1. The molecule has 0 unspecified atom stereocenters. The molecule has 3 aliphatic rings. The summed E-state index contributed by atoms with van der Waals surface area (Å²) in [4.78, 5) is 44.3. The van der Waals surface area contributed by atoms with Crippen LogP contribution in [0.5, 0.6) is 0 Å². The number of hydrogen-bond acceptors (Lipinski definition) is 4. The number of nitrogens with one attached hydrogen (secondary N) is 2. The molecule has 4 heterocycles. The Bertz CT molecular complexity index is 1590. The van der Waals surface area contributed by atoms with Gasteiger partial charge in [0.25, 0.3) is 0 Å². The maximum atomic E-state index is 13.6. The van der Waals surface area contributed by atoms with Crippen LogP contribution in [0.25, 0.3) is 10.9 Å². The largest absolute Gasteiger partial charge is 0.406 e. The second-order valence-corrected chi connectivity index (χ2v) is 12.9. The van der Waals surface area contributed by atoms with E-state index in [1.807, 2.05) is 29.2 Å². The standard InChI is InChI=1S/C29H29Br2F3N6O3/c30-21-12-17-11-18(27(42)39(15-29(32,33)34)14-20(17)24-25(21)36-37-26(24)31)13-23(41)38-8-6-19(7-9-38)40-10-5-16-3-1-2-4-22(16)35-28(40)43/h1-4,12,18-19H,5-11,13-15H2,(H,35,43)(H,36,37)/t18-/m0/s1. The van der Waals surface area contributed by atoms with Gasteiger partial charge in [-0.3, -0.25) is 14.7 Å². The molecule has 1 saturated heterocycles. The summed E-state index contributed by atoms with van der Waals surface area (Å²) in [6.07, 6.45) is -2.77. The molecule has 0 saturated carbocycles. The SMILES string of the molecule is O=C(C[C@@H]1Cc2cc(Br)c3[nH]nc(Br)c3c2CN(CC(F)(F)F)C1=O)N1CCC(N2CCc3ccccc3NC2=O)CC1. The summed E-state index contributed by atoms with van der Waals surface area (Å²) in [7, 11) is 0. The van der Waals surface area contributed by atoms with Gasteiger partial charge in [-0.15, -0.1) is 0 Å². The number of piperidine rings is 1. The van der Waals surface area contributed by atoms with Crippen LogP contribution < -0.4 is 5.32 Å². The van der Waals surface area contributed by atoms with Crippen LogP contribution >= 0.6 is 31.9 Å². The van der Waals surface area contributed by atoms with Gasteiger partial charge in [0.1, 0.15) is 11.1 Å². The predicted molar refractivity (Wildman–Crippen MR) is 160 cm³/mol. The zero-order valence-corrected chi connectivity index (χ0v) is 26.2. The number of fused-ring (bicyclic) bond motifs is 4. The molecule has 2 aromatic carbocycles. The molecule has 6 rings (SSSR count). The van der Waals surface area contributed by atoms with E-state index in [2.05, 4.69) is 47.4 Å². The molecule has 1 fully saturated rings. The number of rotatable bonds is 4. The first-order valence-electron chi connectivity index (χ1n) is 14.1. The number of aromatic nitrogens is 2. The molecule has 0 spiro atoms.